The van der Waals surface area contributed by atoms with E-state index in [2.05, 4.69) is 15.8 Å². The highest BCUT2D eigenvalue weighted by Gasteiger charge is 2.05. The van der Waals surface area contributed by atoms with Crippen LogP contribution in [0.3, 0.4) is 0 Å². The Morgan fingerprint density at radius 2 is 1.89 bits per heavy atom. The van der Waals surface area contributed by atoms with Crippen LogP contribution >= 0.6 is 0 Å². The van der Waals surface area contributed by atoms with Crippen molar-refractivity contribution in [2.45, 2.75) is 33.1 Å². The molecule has 2 amide bonds. The van der Waals surface area contributed by atoms with Crippen LogP contribution in [0, 0.1) is 0 Å². The van der Waals surface area contributed by atoms with Crippen LogP contribution in [-0.2, 0) is 4.79 Å². The molecule has 19 heavy (non-hydrogen) atoms. The summed E-state index contributed by atoms with van der Waals surface area (Å²) in [6.07, 6.45) is 3.69. The molecule has 5 heteroatoms. The lowest BCUT2D eigenvalue weighted by molar-refractivity contribution is -0.116. The molecule has 1 rings (SSSR count). The lowest BCUT2D eigenvalue weighted by Gasteiger charge is -2.05. The first kappa shape index (κ1) is 14.9. The highest BCUT2D eigenvalue weighted by molar-refractivity contribution is 5.95. The number of hydrogen-bond donors (Lipinski definition) is 2. The van der Waals surface area contributed by atoms with Crippen molar-refractivity contribution in [2.24, 2.45) is 5.10 Å². The van der Waals surface area contributed by atoms with E-state index in [-0.39, 0.29) is 11.8 Å². The van der Waals surface area contributed by atoms with Gasteiger partial charge in [0.1, 0.15) is 0 Å². The van der Waals surface area contributed by atoms with Crippen LogP contribution in [0.15, 0.2) is 29.4 Å². The normalized spacial score (nSPS) is 10.4. The van der Waals surface area contributed by atoms with E-state index in [1.807, 2.05) is 13.8 Å². The number of hydrazone groups is 1. The topological polar surface area (TPSA) is 70.6 Å². The Kier molecular flexibility index (Phi) is 6.29. The van der Waals surface area contributed by atoms with E-state index in [9.17, 15) is 9.59 Å². The summed E-state index contributed by atoms with van der Waals surface area (Å²) in [6.45, 7) is 3.88. The van der Waals surface area contributed by atoms with Gasteiger partial charge in [0, 0.05) is 23.9 Å². The van der Waals surface area contributed by atoms with Gasteiger partial charge in [-0.25, -0.2) is 5.43 Å². The molecule has 0 spiro atoms. The molecule has 0 fully saturated rings. The van der Waals surface area contributed by atoms with E-state index in [4.69, 9.17) is 0 Å². The van der Waals surface area contributed by atoms with Gasteiger partial charge in [-0.2, -0.15) is 5.10 Å². The molecular weight excluding hydrogens is 242 g/mol. The van der Waals surface area contributed by atoms with Crippen molar-refractivity contribution in [1.82, 2.24) is 5.43 Å². The van der Waals surface area contributed by atoms with Gasteiger partial charge in [-0.05, 0) is 37.1 Å². The zero-order valence-electron chi connectivity index (χ0n) is 11.3. The maximum absolute atomic E-state index is 11.6. The number of nitrogens with one attached hydrogen (secondary N) is 2. The molecular formula is C14H19N3O2. The Balaban J connectivity index is 2.58. The lowest BCUT2D eigenvalue weighted by atomic mass is 10.2. The fourth-order valence-electron chi connectivity index (χ4n) is 1.42. The second-order valence-electron chi connectivity index (χ2n) is 4.04. The van der Waals surface area contributed by atoms with Crippen molar-refractivity contribution < 1.29 is 9.59 Å². The van der Waals surface area contributed by atoms with Crippen molar-refractivity contribution in [2.75, 3.05) is 5.32 Å². The summed E-state index contributed by atoms with van der Waals surface area (Å²) < 4.78 is 0. The zero-order chi connectivity index (χ0) is 14.1. The average molecular weight is 261 g/mol. The molecule has 0 saturated heterocycles. The number of anilines is 1. The zero-order valence-corrected chi connectivity index (χ0v) is 11.3. The van der Waals surface area contributed by atoms with Gasteiger partial charge in [-0.15, -0.1) is 0 Å². The fraction of sp³-hybridized carbons (Fsp3) is 0.357. The molecule has 102 valence electrons. The SMILES string of the molecule is CC/C=N/NC(=O)c1ccc(NC(=O)CCC)cc1. The van der Waals surface area contributed by atoms with E-state index in [1.165, 1.54) is 0 Å². The number of rotatable bonds is 6. The number of amides is 2. The van der Waals surface area contributed by atoms with Gasteiger partial charge in [-0.3, -0.25) is 9.59 Å². The second kappa shape index (κ2) is 8.02. The number of carbonyl (C=O) groups is 2. The molecule has 0 saturated carbocycles. The standard InChI is InChI=1S/C14H19N3O2/c1-3-5-13(18)16-12-8-6-11(7-9-12)14(19)17-15-10-4-2/h6-10H,3-5H2,1-2H3,(H,16,18)(H,17,19)/b15-10+. The van der Waals surface area contributed by atoms with Gasteiger partial charge >= 0.3 is 0 Å². The molecule has 2 N–H and O–H groups in total. The predicted octanol–water partition coefficient (Wildman–Crippen LogP) is 2.55. The molecule has 1 aromatic carbocycles. The third-order valence-electron chi connectivity index (χ3n) is 2.35. The Morgan fingerprint density at radius 1 is 1.21 bits per heavy atom. The Bertz CT molecular complexity index is 452. The van der Waals surface area contributed by atoms with Gasteiger partial charge < -0.3 is 5.32 Å². The molecule has 1 aromatic rings. The van der Waals surface area contributed by atoms with Crippen molar-refractivity contribution in [1.29, 1.82) is 0 Å². The Morgan fingerprint density at radius 3 is 2.47 bits per heavy atom. The Hall–Kier alpha value is -2.17. The molecule has 0 bridgehead atoms. The molecule has 0 unspecified atom stereocenters. The lowest BCUT2D eigenvalue weighted by Crippen LogP contribution is -2.17. The first-order chi connectivity index (χ1) is 9.17. The minimum Gasteiger partial charge on any atom is -0.326 e. The minimum atomic E-state index is -0.267. The van der Waals surface area contributed by atoms with Crippen LogP contribution < -0.4 is 10.7 Å². The summed E-state index contributed by atoms with van der Waals surface area (Å²) in [4.78, 5) is 23.0. The van der Waals surface area contributed by atoms with E-state index in [0.29, 0.717) is 17.7 Å². The van der Waals surface area contributed by atoms with Crippen LogP contribution in [-0.4, -0.2) is 18.0 Å². The molecule has 0 heterocycles. The van der Waals surface area contributed by atoms with Gasteiger partial charge in [0.15, 0.2) is 0 Å². The highest BCUT2D eigenvalue weighted by Crippen LogP contribution is 2.10. The van der Waals surface area contributed by atoms with E-state index in [1.54, 1.807) is 30.5 Å². The molecule has 0 aliphatic carbocycles. The van der Waals surface area contributed by atoms with E-state index < -0.39 is 0 Å². The first-order valence-electron chi connectivity index (χ1n) is 6.39. The van der Waals surface area contributed by atoms with Crippen LogP contribution in [0.2, 0.25) is 0 Å². The Labute approximate surface area is 113 Å². The largest absolute Gasteiger partial charge is 0.326 e. The van der Waals surface area contributed by atoms with Crippen molar-refractivity contribution in [3.63, 3.8) is 0 Å². The van der Waals surface area contributed by atoms with Crippen molar-refractivity contribution in [3.05, 3.63) is 29.8 Å². The van der Waals surface area contributed by atoms with Crippen LogP contribution in [0.4, 0.5) is 5.69 Å². The van der Waals surface area contributed by atoms with E-state index >= 15 is 0 Å². The summed E-state index contributed by atoms with van der Waals surface area (Å²) in [5.74, 6) is -0.289. The quantitative estimate of drug-likeness (QED) is 0.610. The highest BCUT2D eigenvalue weighted by atomic mass is 16.2. The first-order valence-corrected chi connectivity index (χ1v) is 6.39. The number of nitrogens with zero attached hydrogens (tertiary/aromatic N) is 1. The van der Waals surface area contributed by atoms with Crippen molar-refractivity contribution >= 4 is 23.7 Å². The second-order valence-corrected chi connectivity index (χ2v) is 4.04. The summed E-state index contributed by atoms with van der Waals surface area (Å²) in [5, 5.41) is 6.53. The number of carbonyl (C=O) groups excluding carboxylic acids is 2. The van der Waals surface area contributed by atoms with Crippen LogP contribution in [0.5, 0.6) is 0 Å². The molecule has 5 nitrogen and oxygen atoms in total. The maximum atomic E-state index is 11.6. The third-order valence-corrected chi connectivity index (χ3v) is 2.35. The summed E-state index contributed by atoms with van der Waals surface area (Å²) in [6, 6.07) is 6.70. The van der Waals surface area contributed by atoms with Gasteiger partial charge in [0.25, 0.3) is 5.91 Å². The summed E-state index contributed by atoms with van der Waals surface area (Å²) in [7, 11) is 0. The van der Waals surface area contributed by atoms with Crippen molar-refractivity contribution in [3.8, 4) is 0 Å². The van der Waals surface area contributed by atoms with E-state index in [0.717, 1.165) is 12.8 Å². The molecule has 0 aliphatic rings. The van der Waals surface area contributed by atoms with Gasteiger partial charge in [0.05, 0.1) is 0 Å². The minimum absolute atomic E-state index is 0.0211. The van der Waals surface area contributed by atoms with Gasteiger partial charge in [0.2, 0.25) is 5.91 Å². The summed E-state index contributed by atoms with van der Waals surface area (Å²) in [5.41, 5.74) is 3.61. The monoisotopic (exact) mass is 261 g/mol. The number of hydrogen-bond acceptors (Lipinski definition) is 3. The molecule has 0 aromatic heterocycles. The van der Waals surface area contributed by atoms with Gasteiger partial charge in [-0.1, -0.05) is 13.8 Å². The third kappa shape index (κ3) is 5.33. The van der Waals surface area contributed by atoms with Crippen LogP contribution in [0.25, 0.3) is 0 Å². The fourth-order valence-corrected chi connectivity index (χ4v) is 1.42. The molecule has 0 aliphatic heterocycles. The molecule has 0 radical (unpaired) electrons. The molecule has 0 atom stereocenters. The average Bonchev–Trinajstić information content (AvgIpc) is 2.40. The summed E-state index contributed by atoms with van der Waals surface area (Å²) >= 11 is 0. The smallest absolute Gasteiger partial charge is 0.271 e. The predicted molar refractivity (Wildman–Crippen MR) is 76.2 cm³/mol. The maximum Gasteiger partial charge on any atom is 0.271 e. The number of benzene rings is 1. The van der Waals surface area contributed by atoms with Crippen LogP contribution in [0.1, 0.15) is 43.5 Å².